The second-order valence-electron chi connectivity index (χ2n) is 4.80. The monoisotopic (exact) mass is 253 g/mol. The van der Waals surface area contributed by atoms with E-state index < -0.39 is 0 Å². The number of nitrogens with one attached hydrogen (secondary N) is 1. The minimum atomic E-state index is 0.390. The second kappa shape index (κ2) is 6.75. The summed E-state index contributed by atoms with van der Waals surface area (Å²) in [6.07, 6.45) is 5.37. The molecule has 0 radical (unpaired) electrons. The predicted octanol–water partition coefficient (Wildman–Crippen LogP) is 1.82. The van der Waals surface area contributed by atoms with Crippen LogP contribution in [0.25, 0.3) is 0 Å². The molecule has 102 valence electrons. The number of anilines is 1. The van der Waals surface area contributed by atoms with E-state index in [1.54, 1.807) is 7.11 Å². The Bertz CT molecular complexity index is 359. The quantitative estimate of drug-likeness (QED) is 0.786. The molecule has 1 aliphatic rings. The van der Waals surface area contributed by atoms with Gasteiger partial charge in [-0.2, -0.15) is 0 Å². The standard InChI is InChI=1S/C13H23N3O2/c1-11-9-16(6-4-7-17-2)13(14-11)15-12-5-3-8-18-10-12/h9,12H,3-8,10H2,1-2H3,(H,14,15). The molecule has 0 spiro atoms. The molecule has 5 heteroatoms. The number of aryl methyl sites for hydroxylation is 2. The van der Waals surface area contributed by atoms with Crippen LogP contribution in [0.1, 0.15) is 25.0 Å². The Balaban J connectivity index is 1.93. The van der Waals surface area contributed by atoms with E-state index >= 15 is 0 Å². The van der Waals surface area contributed by atoms with Gasteiger partial charge in [-0.1, -0.05) is 0 Å². The lowest BCUT2D eigenvalue weighted by molar-refractivity contribution is 0.0873. The molecule has 0 aromatic carbocycles. The third-order valence-corrected chi connectivity index (χ3v) is 3.14. The van der Waals surface area contributed by atoms with Crippen molar-refractivity contribution in [1.82, 2.24) is 9.55 Å². The molecule has 5 nitrogen and oxygen atoms in total. The molecular weight excluding hydrogens is 230 g/mol. The van der Waals surface area contributed by atoms with Crippen molar-refractivity contribution in [3.8, 4) is 0 Å². The zero-order valence-corrected chi connectivity index (χ0v) is 11.3. The maximum atomic E-state index is 5.48. The van der Waals surface area contributed by atoms with Crippen molar-refractivity contribution >= 4 is 5.95 Å². The van der Waals surface area contributed by atoms with Gasteiger partial charge >= 0.3 is 0 Å². The second-order valence-corrected chi connectivity index (χ2v) is 4.80. The topological polar surface area (TPSA) is 48.3 Å². The highest BCUT2D eigenvalue weighted by Gasteiger charge is 2.16. The fraction of sp³-hybridized carbons (Fsp3) is 0.769. The van der Waals surface area contributed by atoms with Crippen LogP contribution in [-0.2, 0) is 16.0 Å². The highest BCUT2D eigenvalue weighted by Crippen LogP contribution is 2.15. The molecule has 1 atom stereocenters. The van der Waals surface area contributed by atoms with Gasteiger partial charge < -0.3 is 19.4 Å². The molecule has 0 aliphatic carbocycles. The zero-order chi connectivity index (χ0) is 12.8. The molecule has 18 heavy (non-hydrogen) atoms. The van der Waals surface area contributed by atoms with Gasteiger partial charge in [0.05, 0.1) is 18.3 Å². The minimum absolute atomic E-state index is 0.390. The zero-order valence-electron chi connectivity index (χ0n) is 11.3. The summed E-state index contributed by atoms with van der Waals surface area (Å²) >= 11 is 0. The molecule has 1 N–H and O–H groups in total. The van der Waals surface area contributed by atoms with Crippen LogP contribution in [0, 0.1) is 6.92 Å². The summed E-state index contributed by atoms with van der Waals surface area (Å²) in [6, 6.07) is 0.390. The summed E-state index contributed by atoms with van der Waals surface area (Å²) in [5.41, 5.74) is 1.05. The van der Waals surface area contributed by atoms with Crippen molar-refractivity contribution in [2.24, 2.45) is 0 Å². The Morgan fingerprint density at radius 3 is 3.22 bits per heavy atom. The molecule has 2 heterocycles. The third-order valence-electron chi connectivity index (χ3n) is 3.14. The van der Waals surface area contributed by atoms with Gasteiger partial charge in [0.15, 0.2) is 0 Å². The van der Waals surface area contributed by atoms with Crippen molar-refractivity contribution in [3.63, 3.8) is 0 Å². The lowest BCUT2D eigenvalue weighted by Gasteiger charge is -2.24. The number of ether oxygens (including phenoxy) is 2. The number of hydrogen-bond donors (Lipinski definition) is 1. The lowest BCUT2D eigenvalue weighted by atomic mass is 10.1. The Hall–Kier alpha value is -1.07. The fourth-order valence-corrected chi connectivity index (χ4v) is 2.25. The first-order valence-electron chi connectivity index (χ1n) is 6.66. The number of rotatable bonds is 6. The summed E-state index contributed by atoms with van der Waals surface area (Å²) in [7, 11) is 1.73. The molecular formula is C13H23N3O2. The van der Waals surface area contributed by atoms with Gasteiger partial charge in [-0.05, 0) is 26.2 Å². The van der Waals surface area contributed by atoms with E-state index in [4.69, 9.17) is 9.47 Å². The van der Waals surface area contributed by atoms with Crippen molar-refractivity contribution in [2.75, 3.05) is 32.2 Å². The fourth-order valence-electron chi connectivity index (χ4n) is 2.25. The molecule has 1 fully saturated rings. The minimum Gasteiger partial charge on any atom is -0.385 e. The van der Waals surface area contributed by atoms with Crippen LogP contribution < -0.4 is 5.32 Å². The van der Waals surface area contributed by atoms with Crippen LogP contribution in [0.5, 0.6) is 0 Å². The average molecular weight is 253 g/mol. The van der Waals surface area contributed by atoms with Crippen LogP contribution in [0.4, 0.5) is 5.95 Å². The first-order chi connectivity index (χ1) is 8.79. The van der Waals surface area contributed by atoms with Crippen molar-refractivity contribution in [1.29, 1.82) is 0 Å². The van der Waals surface area contributed by atoms with Gasteiger partial charge in [0.25, 0.3) is 0 Å². The smallest absolute Gasteiger partial charge is 0.203 e. The van der Waals surface area contributed by atoms with E-state index in [0.29, 0.717) is 6.04 Å². The Morgan fingerprint density at radius 2 is 2.50 bits per heavy atom. The molecule has 1 aliphatic heterocycles. The predicted molar refractivity (Wildman–Crippen MR) is 70.9 cm³/mol. The highest BCUT2D eigenvalue weighted by molar-refractivity contribution is 5.30. The Kier molecular flexibility index (Phi) is 5.01. The first-order valence-corrected chi connectivity index (χ1v) is 6.66. The summed E-state index contributed by atoms with van der Waals surface area (Å²) in [4.78, 5) is 4.54. The number of aromatic nitrogens is 2. The van der Waals surface area contributed by atoms with Gasteiger partial charge in [-0.15, -0.1) is 0 Å². The number of hydrogen-bond acceptors (Lipinski definition) is 4. The van der Waals surface area contributed by atoms with E-state index in [-0.39, 0.29) is 0 Å². The van der Waals surface area contributed by atoms with Crippen LogP contribution in [0.2, 0.25) is 0 Å². The Morgan fingerprint density at radius 1 is 1.61 bits per heavy atom. The van der Waals surface area contributed by atoms with E-state index in [1.165, 1.54) is 0 Å². The molecule has 1 saturated heterocycles. The lowest BCUT2D eigenvalue weighted by Crippen LogP contribution is -2.31. The average Bonchev–Trinajstić information content (AvgIpc) is 2.71. The molecule has 1 aromatic rings. The molecule has 1 aromatic heterocycles. The van der Waals surface area contributed by atoms with Crippen LogP contribution in [0.15, 0.2) is 6.20 Å². The van der Waals surface area contributed by atoms with Gasteiger partial charge in [-0.3, -0.25) is 0 Å². The molecule has 0 saturated carbocycles. The van der Waals surface area contributed by atoms with E-state index in [1.807, 2.05) is 6.92 Å². The third kappa shape index (κ3) is 3.71. The Labute approximate surface area is 108 Å². The van der Waals surface area contributed by atoms with Gasteiger partial charge in [0.2, 0.25) is 5.95 Å². The summed E-state index contributed by atoms with van der Waals surface area (Å²) in [5, 5.41) is 3.48. The van der Waals surface area contributed by atoms with Crippen LogP contribution in [0.3, 0.4) is 0 Å². The number of imidazole rings is 1. The van der Waals surface area contributed by atoms with E-state index in [0.717, 1.165) is 57.3 Å². The van der Waals surface area contributed by atoms with Crippen molar-refractivity contribution < 1.29 is 9.47 Å². The highest BCUT2D eigenvalue weighted by atomic mass is 16.5. The first kappa shape index (κ1) is 13.4. The van der Waals surface area contributed by atoms with E-state index in [9.17, 15) is 0 Å². The summed E-state index contributed by atoms with van der Waals surface area (Å²) in [6.45, 7) is 5.41. The maximum Gasteiger partial charge on any atom is 0.203 e. The van der Waals surface area contributed by atoms with E-state index in [2.05, 4.69) is 21.1 Å². The summed E-state index contributed by atoms with van der Waals surface area (Å²) < 4.78 is 12.7. The molecule has 0 amide bonds. The molecule has 1 unspecified atom stereocenters. The van der Waals surface area contributed by atoms with Crippen LogP contribution in [-0.4, -0.2) is 42.5 Å². The van der Waals surface area contributed by atoms with Crippen molar-refractivity contribution in [2.45, 2.75) is 38.8 Å². The normalized spacial score (nSPS) is 20.0. The largest absolute Gasteiger partial charge is 0.385 e. The van der Waals surface area contributed by atoms with Crippen molar-refractivity contribution in [3.05, 3.63) is 11.9 Å². The SMILES string of the molecule is COCCCn1cc(C)nc1NC1CCCOC1. The molecule has 0 bridgehead atoms. The van der Waals surface area contributed by atoms with Gasteiger partial charge in [0, 0.05) is 33.1 Å². The molecule has 2 rings (SSSR count). The maximum absolute atomic E-state index is 5.48. The number of nitrogens with zero attached hydrogens (tertiary/aromatic N) is 2. The van der Waals surface area contributed by atoms with Crippen LogP contribution >= 0.6 is 0 Å². The number of methoxy groups -OCH3 is 1. The van der Waals surface area contributed by atoms with Gasteiger partial charge in [0.1, 0.15) is 0 Å². The van der Waals surface area contributed by atoms with Gasteiger partial charge in [-0.25, -0.2) is 4.98 Å². The summed E-state index contributed by atoms with van der Waals surface area (Å²) in [5.74, 6) is 0.958.